The normalized spacial score (nSPS) is 12.5. The van der Waals surface area contributed by atoms with E-state index in [2.05, 4.69) is 62.4 Å². The van der Waals surface area contributed by atoms with E-state index in [0.717, 1.165) is 13.0 Å². The number of anilines is 1. The first-order valence-corrected chi connectivity index (χ1v) is 6.13. The fourth-order valence-corrected chi connectivity index (χ4v) is 1.79. The lowest BCUT2D eigenvalue weighted by Crippen LogP contribution is -2.25. The maximum atomic E-state index is 3.44. The van der Waals surface area contributed by atoms with Gasteiger partial charge in [0.25, 0.3) is 0 Å². The zero-order valence-electron chi connectivity index (χ0n) is 11.0. The third-order valence-corrected chi connectivity index (χ3v) is 2.87. The highest BCUT2D eigenvalue weighted by atomic mass is 15.1. The molecule has 0 amide bonds. The Morgan fingerprint density at radius 3 is 2.31 bits per heavy atom. The minimum atomic E-state index is 0.610. The van der Waals surface area contributed by atoms with Crippen molar-refractivity contribution in [2.45, 2.75) is 32.7 Å². The van der Waals surface area contributed by atoms with Gasteiger partial charge in [0.2, 0.25) is 0 Å². The van der Waals surface area contributed by atoms with Crippen molar-refractivity contribution in [2.75, 3.05) is 25.5 Å². The zero-order valence-corrected chi connectivity index (χ0v) is 11.0. The van der Waals surface area contributed by atoms with Crippen molar-refractivity contribution in [3.8, 4) is 0 Å². The van der Waals surface area contributed by atoms with E-state index in [9.17, 15) is 0 Å². The molecule has 1 aromatic carbocycles. The molecule has 0 spiro atoms. The summed E-state index contributed by atoms with van der Waals surface area (Å²) < 4.78 is 0. The second kappa shape index (κ2) is 6.54. The molecule has 0 saturated heterocycles. The second-order valence-corrected chi connectivity index (χ2v) is 4.56. The lowest BCUT2D eigenvalue weighted by atomic mass is 10.1. The molecule has 2 heteroatoms. The number of hydrogen-bond donors (Lipinski definition) is 1. The summed E-state index contributed by atoms with van der Waals surface area (Å²) in [6.07, 6.45) is 2.36. The van der Waals surface area contributed by atoms with Crippen molar-refractivity contribution < 1.29 is 0 Å². The number of rotatable bonds is 6. The minimum Gasteiger partial charge on any atom is -0.378 e. The van der Waals surface area contributed by atoms with E-state index in [0.29, 0.717) is 6.04 Å². The predicted octanol–water partition coefficient (Wildman–Crippen LogP) is 2.68. The van der Waals surface area contributed by atoms with Crippen molar-refractivity contribution in [1.82, 2.24) is 5.32 Å². The van der Waals surface area contributed by atoms with Gasteiger partial charge < -0.3 is 10.2 Å². The van der Waals surface area contributed by atoms with E-state index in [4.69, 9.17) is 0 Å². The van der Waals surface area contributed by atoms with Gasteiger partial charge in [0, 0.05) is 25.8 Å². The van der Waals surface area contributed by atoms with Gasteiger partial charge in [-0.25, -0.2) is 0 Å². The molecule has 90 valence electrons. The van der Waals surface area contributed by atoms with Gasteiger partial charge >= 0.3 is 0 Å². The van der Waals surface area contributed by atoms with Crippen LogP contribution >= 0.6 is 0 Å². The molecule has 0 aromatic heterocycles. The van der Waals surface area contributed by atoms with Gasteiger partial charge in [0.05, 0.1) is 0 Å². The third kappa shape index (κ3) is 4.23. The summed E-state index contributed by atoms with van der Waals surface area (Å²) in [5, 5.41) is 3.44. The highest BCUT2D eigenvalue weighted by Gasteiger charge is 2.01. The summed E-state index contributed by atoms with van der Waals surface area (Å²) in [6.45, 7) is 5.46. The molecule has 0 fully saturated rings. The maximum Gasteiger partial charge on any atom is 0.0361 e. The van der Waals surface area contributed by atoms with E-state index in [-0.39, 0.29) is 0 Å². The third-order valence-electron chi connectivity index (χ3n) is 2.87. The summed E-state index contributed by atoms with van der Waals surface area (Å²) in [4.78, 5) is 2.13. The summed E-state index contributed by atoms with van der Waals surface area (Å²) in [5.41, 5.74) is 2.69. The van der Waals surface area contributed by atoms with Crippen molar-refractivity contribution >= 4 is 5.69 Å². The first-order chi connectivity index (χ1) is 7.63. The fourth-order valence-electron chi connectivity index (χ4n) is 1.79. The van der Waals surface area contributed by atoms with E-state index < -0.39 is 0 Å². The summed E-state index contributed by atoms with van der Waals surface area (Å²) in [7, 11) is 4.14. The highest BCUT2D eigenvalue weighted by Crippen LogP contribution is 2.13. The molecule has 0 aliphatic carbocycles. The Balaban J connectivity index is 2.43. The highest BCUT2D eigenvalue weighted by molar-refractivity contribution is 5.45. The summed E-state index contributed by atoms with van der Waals surface area (Å²) in [5.74, 6) is 0. The number of hydrogen-bond acceptors (Lipinski definition) is 2. The Hall–Kier alpha value is -1.02. The lowest BCUT2D eigenvalue weighted by molar-refractivity contribution is 0.530. The molecule has 0 heterocycles. The SMILES string of the molecule is CCNC(C)CCc1ccc(N(C)C)cc1. The van der Waals surface area contributed by atoms with Crippen molar-refractivity contribution in [1.29, 1.82) is 0 Å². The zero-order chi connectivity index (χ0) is 12.0. The van der Waals surface area contributed by atoms with Crippen LogP contribution in [-0.4, -0.2) is 26.7 Å². The first-order valence-electron chi connectivity index (χ1n) is 6.13. The first kappa shape index (κ1) is 13.0. The molecule has 0 aliphatic rings. The van der Waals surface area contributed by atoms with Crippen LogP contribution in [0.5, 0.6) is 0 Å². The largest absolute Gasteiger partial charge is 0.378 e. The molecule has 1 atom stereocenters. The predicted molar refractivity (Wildman–Crippen MR) is 72.2 cm³/mol. The molecule has 0 saturated carbocycles. The second-order valence-electron chi connectivity index (χ2n) is 4.56. The standard InChI is InChI=1S/C14H24N2/c1-5-15-12(2)6-7-13-8-10-14(11-9-13)16(3)4/h8-12,15H,5-7H2,1-4H3. The van der Waals surface area contributed by atoms with Crippen molar-refractivity contribution in [2.24, 2.45) is 0 Å². The molecular weight excluding hydrogens is 196 g/mol. The van der Waals surface area contributed by atoms with Crippen LogP contribution in [0, 0.1) is 0 Å². The van der Waals surface area contributed by atoms with Crippen LogP contribution in [-0.2, 0) is 6.42 Å². The van der Waals surface area contributed by atoms with Gasteiger partial charge in [-0.15, -0.1) is 0 Å². The van der Waals surface area contributed by atoms with E-state index >= 15 is 0 Å². The van der Waals surface area contributed by atoms with E-state index in [1.54, 1.807) is 0 Å². The van der Waals surface area contributed by atoms with Crippen molar-refractivity contribution in [3.63, 3.8) is 0 Å². The molecular formula is C14H24N2. The van der Waals surface area contributed by atoms with Gasteiger partial charge in [-0.05, 0) is 44.0 Å². The van der Waals surface area contributed by atoms with Crippen molar-refractivity contribution in [3.05, 3.63) is 29.8 Å². The lowest BCUT2D eigenvalue weighted by Gasteiger charge is -2.14. The molecule has 0 aliphatic heterocycles. The topological polar surface area (TPSA) is 15.3 Å². The van der Waals surface area contributed by atoms with Crippen LogP contribution < -0.4 is 10.2 Å². The molecule has 16 heavy (non-hydrogen) atoms. The molecule has 0 radical (unpaired) electrons. The number of nitrogens with one attached hydrogen (secondary N) is 1. The van der Waals surface area contributed by atoms with Gasteiger partial charge in [0.1, 0.15) is 0 Å². The summed E-state index contributed by atoms with van der Waals surface area (Å²) >= 11 is 0. The van der Waals surface area contributed by atoms with Gasteiger partial charge in [-0.2, -0.15) is 0 Å². The van der Waals surface area contributed by atoms with Crippen LogP contribution in [0.15, 0.2) is 24.3 Å². The Morgan fingerprint density at radius 1 is 1.19 bits per heavy atom. The Labute approximate surface area is 99.7 Å². The molecule has 1 unspecified atom stereocenters. The quantitative estimate of drug-likeness (QED) is 0.793. The maximum absolute atomic E-state index is 3.44. The molecule has 0 bridgehead atoms. The molecule has 1 aromatic rings. The van der Waals surface area contributed by atoms with Crippen LogP contribution in [0.1, 0.15) is 25.8 Å². The monoisotopic (exact) mass is 220 g/mol. The van der Waals surface area contributed by atoms with E-state index in [1.165, 1.54) is 17.7 Å². The Kier molecular flexibility index (Phi) is 5.33. The van der Waals surface area contributed by atoms with Crippen LogP contribution in [0.3, 0.4) is 0 Å². The number of benzene rings is 1. The van der Waals surface area contributed by atoms with Crippen LogP contribution in [0.2, 0.25) is 0 Å². The minimum absolute atomic E-state index is 0.610. The van der Waals surface area contributed by atoms with Crippen LogP contribution in [0.4, 0.5) is 5.69 Å². The van der Waals surface area contributed by atoms with Gasteiger partial charge in [-0.3, -0.25) is 0 Å². The molecule has 2 nitrogen and oxygen atoms in total. The number of aryl methyl sites for hydroxylation is 1. The smallest absolute Gasteiger partial charge is 0.0361 e. The number of nitrogens with zero attached hydrogens (tertiary/aromatic N) is 1. The Morgan fingerprint density at radius 2 is 1.81 bits per heavy atom. The molecule has 1 N–H and O–H groups in total. The average molecular weight is 220 g/mol. The molecule has 1 rings (SSSR count). The van der Waals surface area contributed by atoms with Crippen LogP contribution in [0.25, 0.3) is 0 Å². The fraction of sp³-hybridized carbons (Fsp3) is 0.571. The van der Waals surface area contributed by atoms with Gasteiger partial charge in [0.15, 0.2) is 0 Å². The van der Waals surface area contributed by atoms with E-state index in [1.807, 2.05) is 0 Å². The summed E-state index contributed by atoms with van der Waals surface area (Å²) in [6, 6.07) is 9.45. The van der Waals surface area contributed by atoms with Gasteiger partial charge in [-0.1, -0.05) is 19.1 Å². The Bertz CT molecular complexity index is 290. The average Bonchev–Trinajstić information content (AvgIpc) is 2.27.